The summed E-state index contributed by atoms with van der Waals surface area (Å²) >= 11 is 0. The molecule has 2 aliphatic rings. The zero-order valence-corrected chi connectivity index (χ0v) is 14.1. The first kappa shape index (κ1) is 17.7. The number of hydrogen-bond donors (Lipinski definition) is 2. The molecule has 0 spiro atoms. The summed E-state index contributed by atoms with van der Waals surface area (Å²) in [5.41, 5.74) is -0.882. The Bertz CT molecular complexity index is 354. The van der Waals surface area contributed by atoms with Crippen LogP contribution in [0.5, 0.6) is 0 Å². The number of ether oxygens (including phenoxy) is 1. The van der Waals surface area contributed by atoms with Gasteiger partial charge in [0.15, 0.2) is 0 Å². The topological polar surface area (TPSA) is 61.8 Å². The van der Waals surface area contributed by atoms with Crippen molar-refractivity contribution in [3.8, 4) is 0 Å². The first-order valence-corrected chi connectivity index (χ1v) is 8.74. The number of amides is 1. The zero-order chi connectivity index (χ0) is 16.0. The van der Waals surface area contributed by atoms with E-state index in [1.54, 1.807) is 6.92 Å². The van der Waals surface area contributed by atoms with Crippen LogP contribution in [0.3, 0.4) is 0 Å². The average Bonchev–Trinajstić information content (AvgIpc) is 2.46. The monoisotopic (exact) mass is 312 g/mol. The van der Waals surface area contributed by atoms with E-state index in [0.717, 1.165) is 38.6 Å². The fraction of sp³-hybridized carbons (Fsp3) is 0.941. The molecule has 1 amide bonds. The third-order valence-corrected chi connectivity index (χ3v) is 4.85. The number of nitrogens with zero attached hydrogens (tertiary/aromatic N) is 1. The number of carbonyl (C=O) groups excluding carboxylic acids is 1. The molecule has 3 atom stereocenters. The largest absolute Gasteiger partial charge is 0.387 e. The lowest BCUT2D eigenvalue weighted by Crippen LogP contribution is -2.51. The van der Waals surface area contributed by atoms with Crippen LogP contribution in [0.4, 0.5) is 0 Å². The molecular formula is C17H32N2O3. The van der Waals surface area contributed by atoms with Gasteiger partial charge in [-0.15, -0.1) is 0 Å². The SMILES string of the molecule is CC1CCCC(CC(=O)NCC(C)(O)CN2CCOCC2)C1. The molecule has 1 aliphatic heterocycles. The van der Waals surface area contributed by atoms with E-state index in [2.05, 4.69) is 17.1 Å². The van der Waals surface area contributed by atoms with Gasteiger partial charge in [0.05, 0.1) is 18.8 Å². The van der Waals surface area contributed by atoms with Gasteiger partial charge < -0.3 is 15.2 Å². The van der Waals surface area contributed by atoms with Crippen LogP contribution in [-0.4, -0.2) is 60.9 Å². The van der Waals surface area contributed by atoms with Crippen LogP contribution in [0.25, 0.3) is 0 Å². The zero-order valence-electron chi connectivity index (χ0n) is 14.1. The predicted octanol–water partition coefficient (Wildman–Crippen LogP) is 1.40. The van der Waals surface area contributed by atoms with E-state index in [-0.39, 0.29) is 5.91 Å². The molecule has 0 aromatic rings. The van der Waals surface area contributed by atoms with Crippen LogP contribution in [0.15, 0.2) is 0 Å². The van der Waals surface area contributed by atoms with E-state index in [9.17, 15) is 9.90 Å². The quantitative estimate of drug-likeness (QED) is 0.778. The Morgan fingerprint density at radius 3 is 2.77 bits per heavy atom. The number of morpholine rings is 1. The Balaban J connectivity index is 1.67. The van der Waals surface area contributed by atoms with Gasteiger partial charge in [-0.3, -0.25) is 9.69 Å². The molecule has 1 saturated heterocycles. The lowest BCUT2D eigenvalue weighted by molar-refractivity contribution is -0.123. The summed E-state index contributed by atoms with van der Waals surface area (Å²) in [4.78, 5) is 14.3. The smallest absolute Gasteiger partial charge is 0.220 e. The van der Waals surface area contributed by atoms with Crippen molar-refractivity contribution in [2.24, 2.45) is 11.8 Å². The van der Waals surface area contributed by atoms with Crippen LogP contribution in [-0.2, 0) is 9.53 Å². The third-order valence-electron chi connectivity index (χ3n) is 4.85. The molecule has 1 heterocycles. The summed E-state index contributed by atoms with van der Waals surface area (Å²) in [6.45, 7) is 8.13. The second-order valence-electron chi connectivity index (χ2n) is 7.50. The maximum atomic E-state index is 12.1. The Hall–Kier alpha value is -0.650. The van der Waals surface area contributed by atoms with Gasteiger partial charge in [0, 0.05) is 32.6 Å². The van der Waals surface area contributed by atoms with Crippen molar-refractivity contribution in [2.75, 3.05) is 39.4 Å². The van der Waals surface area contributed by atoms with Crippen LogP contribution in [0, 0.1) is 11.8 Å². The van der Waals surface area contributed by atoms with Gasteiger partial charge in [0.2, 0.25) is 5.91 Å². The van der Waals surface area contributed by atoms with Gasteiger partial charge in [-0.05, 0) is 31.6 Å². The van der Waals surface area contributed by atoms with Crippen LogP contribution < -0.4 is 5.32 Å². The number of hydrogen-bond acceptors (Lipinski definition) is 4. The molecule has 1 saturated carbocycles. The molecule has 2 fully saturated rings. The Morgan fingerprint density at radius 1 is 1.36 bits per heavy atom. The second-order valence-corrected chi connectivity index (χ2v) is 7.50. The standard InChI is InChI=1S/C17H32N2O3/c1-14-4-3-5-15(10-14)11-16(20)18-12-17(2,21)13-19-6-8-22-9-7-19/h14-15,21H,3-13H2,1-2H3,(H,18,20). The summed E-state index contributed by atoms with van der Waals surface area (Å²) in [5, 5.41) is 13.4. The highest BCUT2D eigenvalue weighted by molar-refractivity contribution is 5.76. The summed E-state index contributed by atoms with van der Waals surface area (Å²) in [5.74, 6) is 1.35. The van der Waals surface area contributed by atoms with Crippen molar-refractivity contribution in [3.63, 3.8) is 0 Å². The molecule has 128 valence electrons. The van der Waals surface area contributed by atoms with Crippen LogP contribution >= 0.6 is 0 Å². The number of aliphatic hydroxyl groups is 1. The molecule has 3 unspecified atom stereocenters. The molecule has 22 heavy (non-hydrogen) atoms. The molecule has 2 rings (SSSR count). The van der Waals surface area contributed by atoms with E-state index in [1.807, 2.05) is 0 Å². The summed E-state index contributed by atoms with van der Waals surface area (Å²) in [6, 6.07) is 0. The molecule has 0 aromatic carbocycles. The molecule has 0 radical (unpaired) electrons. The number of nitrogens with one attached hydrogen (secondary N) is 1. The van der Waals surface area contributed by atoms with Crippen molar-refractivity contribution in [2.45, 2.75) is 51.6 Å². The minimum atomic E-state index is -0.882. The lowest BCUT2D eigenvalue weighted by atomic mass is 9.81. The fourth-order valence-electron chi connectivity index (χ4n) is 3.67. The normalized spacial score (nSPS) is 29.8. The van der Waals surface area contributed by atoms with Crippen molar-refractivity contribution >= 4 is 5.91 Å². The average molecular weight is 312 g/mol. The van der Waals surface area contributed by atoms with E-state index < -0.39 is 5.60 Å². The molecular weight excluding hydrogens is 280 g/mol. The maximum absolute atomic E-state index is 12.1. The van der Waals surface area contributed by atoms with E-state index >= 15 is 0 Å². The molecule has 0 bridgehead atoms. The Morgan fingerprint density at radius 2 is 2.09 bits per heavy atom. The van der Waals surface area contributed by atoms with Gasteiger partial charge in [-0.25, -0.2) is 0 Å². The summed E-state index contributed by atoms with van der Waals surface area (Å²) < 4.78 is 5.31. The van der Waals surface area contributed by atoms with Gasteiger partial charge >= 0.3 is 0 Å². The van der Waals surface area contributed by atoms with Gasteiger partial charge in [-0.2, -0.15) is 0 Å². The van der Waals surface area contributed by atoms with Crippen molar-refractivity contribution in [3.05, 3.63) is 0 Å². The highest BCUT2D eigenvalue weighted by Crippen LogP contribution is 2.30. The third kappa shape index (κ3) is 6.23. The molecule has 1 aliphatic carbocycles. The van der Waals surface area contributed by atoms with Gasteiger partial charge in [-0.1, -0.05) is 19.8 Å². The van der Waals surface area contributed by atoms with E-state index in [0.29, 0.717) is 25.4 Å². The second kappa shape index (κ2) is 8.27. The minimum Gasteiger partial charge on any atom is -0.387 e. The summed E-state index contributed by atoms with van der Waals surface area (Å²) in [6.07, 6.45) is 5.48. The highest BCUT2D eigenvalue weighted by atomic mass is 16.5. The van der Waals surface area contributed by atoms with E-state index in [4.69, 9.17) is 4.74 Å². The van der Waals surface area contributed by atoms with Crippen molar-refractivity contribution < 1.29 is 14.6 Å². The predicted molar refractivity (Wildman–Crippen MR) is 86.6 cm³/mol. The van der Waals surface area contributed by atoms with Gasteiger partial charge in [0.1, 0.15) is 0 Å². The van der Waals surface area contributed by atoms with Gasteiger partial charge in [0.25, 0.3) is 0 Å². The first-order chi connectivity index (χ1) is 10.4. The molecule has 0 aromatic heterocycles. The summed E-state index contributed by atoms with van der Waals surface area (Å²) in [7, 11) is 0. The lowest BCUT2D eigenvalue weighted by Gasteiger charge is -2.34. The molecule has 5 nitrogen and oxygen atoms in total. The Kier molecular flexibility index (Phi) is 6.66. The molecule has 5 heteroatoms. The highest BCUT2D eigenvalue weighted by Gasteiger charge is 2.27. The number of rotatable bonds is 6. The fourth-order valence-corrected chi connectivity index (χ4v) is 3.67. The molecule has 2 N–H and O–H groups in total. The Labute approximate surface area is 134 Å². The van der Waals surface area contributed by atoms with Crippen molar-refractivity contribution in [1.29, 1.82) is 0 Å². The van der Waals surface area contributed by atoms with Crippen LogP contribution in [0.2, 0.25) is 0 Å². The number of β-amino-alcohol motifs (C(OH)–C–C–N with tert-alkyl or cyclic N) is 1. The first-order valence-electron chi connectivity index (χ1n) is 8.74. The maximum Gasteiger partial charge on any atom is 0.220 e. The van der Waals surface area contributed by atoms with Crippen molar-refractivity contribution in [1.82, 2.24) is 10.2 Å². The van der Waals surface area contributed by atoms with E-state index in [1.165, 1.54) is 19.3 Å². The number of carbonyl (C=O) groups is 1. The minimum absolute atomic E-state index is 0.0846. The van der Waals surface area contributed by atoms with Crippen LogP contribution in [0.1, 0.15) is 46.0 Å².